The van der Waals surface area contributed by atoms with Gasteiger partial charge < -0.3 is 19.7 Å². The van der Waals surface area contributed by atoms with Crippen LogP contribution < -0.4 is 15.0 Å². The van der Waals surface area contributed by atoms with Crippen molar-refractivity contribution in [3.8, 4) is 5.75 Å². The summed E-state index contributed by atoms with van der Waals surface area (Å²) in [7, 11) is 5.37. The van der Waals surface area contributed by atoms with Gasteiger partial charge in [0.2, 0.25) is 6.10 Å². The number of esters is 1. The highest BCUT2D eigenvalue weighted by Crippen LogP contribution is 2.28. The number of hydrogen-bond acceptors (Lipinski definition) is 5. The summed E-state index contributed by atoms with van der Waals surface area (Å²) in [5.74, 6) is -0.518. The molecule has 6 nitrogen and oxygen atoms in total. The number of ether oxygens (including phenoxy) is 2. The van der Waals surface area contributed by atoms with E-state index in [2.05, 4.69) is 5.32 Å². The van der Waals surface area contributed by atoms with E-state index in [-0.39, 0.29) is 0 Å². The van der Waals surface area contributed by atoms with Crippen molar-refractivity contribution in [1.29, 1.82) is 0 Å². The lowest BCUT2D eigenvalue weighted by Crippen LogP contribution is -2.26. The zero-order valence-corrected chi connectivity index (χ0v) is 18.1. The summed E-state index contributed by atoms with van der Waals surface area (Å²) < 4.78 is 11.0. The average Bonchev–Trinajstić information content (AvgIpc) is 2.78. The van der Waals surface area contributed by atoms with E-state index in [1.54, 1.807) is 48.5 Å². The summed E-state index contributed by atoms with van der Waals surface area (Å²) >= 11 is 0. The molecule has 0 radical (unpaired) electrons. The van der Waals surface area contributed by atoms with E-state index in [9.17, 15) is 9.59 Å². The van der Waals surface area contributed by atoms with E-state index in [0.29, 0.717) is 22.6 Å². The summed E-state index contributed by atoms with van der Waals surface area (Å²) in [5, 5.41) is 2.83. The molecule has 1 amide bonds. The number of aryl methyl sites for hydroxylation is 1. The predicted molar refractivity (Wildman–Crippen MR) is 122 cm³/mol. The number of nitrogens with one attached hydrogen (secondary N) is 1. The Balaban J connectivity index is 1.86. The van der Waals surface area contributed by atoms with Gasteiger partial charge in [-0.2, -0.15) is 0 Å². The van der Waals surface area contributed by atoms with E-state index in [1.165, 1.54) is 7.11 Å². The van der Waals surface area contributed by atoms with Gasteiger partial charge in [-0.15, -0.1) is 0 Å². The van der Waals surface area contributed by atoms with Gasteiger partial charge >= 0.3 is 5.97 Å². The molecule has 160 valence electrons. The minimum atomic E-state index is -1.12. The lowest BCUT2D eigenvalue weighted by atomic mass is 10.1. The number of carbonyl (C=O) groups is 2. The molecular weight excluding hydrogens is 392 g/mol. The van der Waals surface area contributed by atoms with Crippen LogP contribution in [-0.2, 0) is 9.53 Å². The standard InChI is InChI=1S/C25H26N2O4/c1-17-10-15-22(30-4)21(16-17)26-24(28)23(18-8-6-5-7-9-18)31-25(29)19-11-13-20(14-12-19)27(2)3/h5-16,23H,1-4H3,(H,26,28)/t23-/m0/s1. The number of benzene rings is 3. The molecule has 3 aromatic carbocycles. The number of rotatable bonds is 7. The zero-order chi connectivity index (χ0) is 22.4. The molecule has 0 saturated carbocycles. The van der Waals surface area contributed by atoms with Crippen molar-refractivity contribution in [2.75, 3.05) is 31.4 Å². The Morgan fingerprint density at radius 1 is 0.935 bits per heavy atom. The molecule has 0 aliphatic rings. The van der Waals surface area contributed by atoms with Gasteiger partial charge in [0.05, 0.1) is 18.4 Å². The fourth-order valence-corrected chi connectivity index (χ4v) is 3.09. The smallest absolute Gasteiger partial charge is 0.339 e. The van der Waals surface area contributed by atoms with Crippen molar-refractivity contribution in [2.45, 2.75) is 13.0 Å². The second kappa shape index (κ2) is 9.80. The van der Waals surface area contributed by atoms with Gasteiger partial charge in [0.1, 0.15) is 5.75 Å². The lowest BCUT2D eigenvalue weighted by Gasteiger charge is -2.19. The van der Waals surface area contributed by atoms with Crippen molar-refractivity contribution < 1.29 is 19.1 Å². The molecule has 0 fully saturated rings. The first-order valence-electron chi connectivity index (χ1n) is 9.88. The maximum atomic E-state index is 13.2. The zero-order valence-electron chi connectivity index (χ0n) is 18.1. The van der Waals surface area contributed by atoms with Gasteiger partial charge in [-0.1, -0.05) is 36.4 Å². The lowest BCUT2D eigenvalue weighted by molar-refractivity contribution is -0.125. The Morgan fingerprint density at radius 3 is 2.23 bits per heavy atom. The molecule has 6 heteroatoms. The first kappa shape index (κ1) is 21.9. The van der Waals surface area contributed by atoms with E-state index in [1.807, 2.05) is 50.2 Å². The van der Waals surface area contributed by atoms with Crippen molar-refractivity contribution in [1.82, 2.24) is 0 Å². The van der Waals surface area contributed by atoms with Gasteiger partial charge in [-0.3, -0.25) is 4.79 Å². The summed E-state index contributed by atoms with van der Waals surface area (Å²) in [6, 6.07) is 21.4. The topological polar surface area (TPSA) is 67.9 Å². The summed E-state index contributed by atoms with van der Waals surface area (Å²) in [6.07, 6.45) is -1.12. The summed E-state index contributed by atoms with van der Waals surface area (Å²) in [6.45, 7) is 1.92. The van der Waals surface area contributed by atoms with Crippen LogP contribution in [0.15, 0.2) is 72.8 Å². The minimum absolute atomic E-state index is 0.368. The maximum absolute atomic E-state index is 13.2. The Kier molecular flexibility index (Phi) is 6.92. The van der Waals surface area contributed by atoms with Crippen LogP contribution in [0.2, 0.25) is 0 Å². The number of nitrogens with zero attached hydrogens (tertiary/aromatic N) is 1. The Hall–Kier alpha value is -3.80. The van der Waals surface area contributed by atoms with Crippen LogP contribution >= 0.6 is 0 Å². The molecule has 1 N–H and O–H groups in total. The van der Waals surface area contributed by atoms with Gasteiger partial charge in [-0.25, -0.2) is 4.79 Å². The molecule has 0 aliphatic carbocycles. The minimum Gasteiger partial charge on any atom is -0.495 e. The van der Waals surface area contributed by atoms with Gasteiger partial charge in [0.25, 0.3) is 5.91 Å². The molecule has 0 heterocycles. The Bertz CT molecular complexity index is 1050. The molecule has 0 bridgehead atoms. The molecule has 3 aromatic rings. The highest BCUT2D eigenvalue weighted by molar-refractivity contribution is 5.99. The number of methoxy groups -OCH3 is 1. The first-order chi connectivity index (χ1) is 14.9. The van der Waals surface area contributed by atoms with E-state index < -0.39 is 18.0 Å². The van der Waals surface area contributed by atoms with Crippen LogP contribution in [0.25, 0.3) is 0 Å². The van der Waals surface area contributed by atoms with Crippen LogP contribution in [0.1, 0.15) is 27.6 Å². The fraction of sp³-hybridized carbons (Fsp3) is 0.200. The van der Waals surface area contributed by atoms with Crippen LogP contribution in [0.5, 0.6) is 5.75 Å². The van der Waals surface area contributed by atoms with Crippen molar-refractivity contribution in [3.63, 3.8) is 0 Å². The van der Waals surface area contributed by atoms with E-state index in [4.69, 9.17) is 9.47 Å². The number of carbonyl (C=O) groups excluding carboxylic acids is 2. The molecule has 0 saturated heterocycles. The van der Waals surface area contributed by atoms with Gasteiger partial charge in [-0.05, 0) is 48.9 Å². The predicted octanol–water partition coefficient (Wildman–Crippen LogP) is 4.61. The van der Waals surface area contributed by atoms with Crippen molar-refractivity contribution >= 4 is 23.3 Å². The third kappa shape index (κ3) is 5.42. The highest BCUT2D eigenvalue weighted by atomic mass is 16.5. The average molecular weight is 418 g/mol. The molecule has 0 aromatic heterocycles. The SMILES string of the molecule is COc1ccc(C)cc1NC(=O)[C@@H](OC(=O)c1ccc(N(C)C)cc1)c1ccccc1. The van der Waals surface area contributed by atoms with Gasteiger partial charge in [0, 0.05) is 25.3 Å². The maximum Gasteiger partial charge on any atom is 0.339 e. The highest BCUT2D eigenvalue weighted by Gasteiger charge is 2.26. The van der Waals surface area contributed by atoms with Crippen LogP contribution in [0.3, 0.4) is 0 Å². The molecule has 3 rings (SSSR count). The van der Waals surface area contributed by atoms with Crippen molar-refractivity contribution in [2.24, 2.45) is 0 Å². The second-order valence-corrected chi connectivity index (χ2v) is 7.33. The summed E-state index contributed by atoms with van der Waals surface area (Å²) in [4.78, 5) is 27.9. The number of hydrogen-bond donors (Lipinski definition) is 1. The van der Waals surface area contributed by atoms with E-state index >= 15 is 0 Å². The second-order valence-electron chi connectivity index (χ2n) is 7.33. The molecule has 0 unspecified atom stereocenters. The summed E-state index contributed by atoms with van der Waals surface area (Å²) in [5.41, 5.74) is 3.38. The Labute approximate surface area is 182 Å². The molecule has 31 heavy (non-hydrogen) atoms. The van der Waals surface area contributed by atoms with Crippen molar-refractivity contribution in [3.05, 3.63) is 89.5 Å². The fourth-order valence-electron chi connectivity index (χ4n) is 3.09. The quantitative estimate of drug-likeness (QED) is 0.568. The molecule has 0 aliphatic heterocycles. The molecular formula is C25H26N2O4. The third-order valence-corrected chi connectivity index (χ3v) is 4.80. The Morgan fingerprint density at radius 2 is 1.61 bits per heavy atom. The number of anilines is 2. The van der Waals surface area contributed by atoms with Crippen LogP contribution in [0.4, 0.5) is 11.4 Å². The van der Waals surface area contributed by atoms with Gasteiger partial charge in [0.15, 0.2) is 0 Å². The molecule has 1 atom stereocenters. The van der Waals surface area contributed by atoms with Crippen LogP contribution in [-0.4, -0.2) is 33.1 Å². The third-order valence-electron chi connectivity index (χ3n) is 4.80. The monoisotopic (exact) mass is 418 g/mol. The first-order valence-corrected chi connectivity index (χ1v) is 9.88. The largest absolute Gasteiger partial charge is 0.495 e. The number of amides is 1. The normalized spacial score (nSPS) is 11.4. The van der Waals surface area contributed by atoms with Crippen LogP contribution in [0, 0.1) is 6.92 Å². The van der Waals surface area contributed by atoms with E-state index in [0.717, 1.165) is 11.3 Å². The molecule has 0 spiro atoms.